The van der Waals surface area contributed by atoms with Crippen molar-refractivity contribution in [1.29, 1.82) is 0 Å². The Hall–Kier alpha value is -1.57. The van der Waals surface area contributed by atoms with E-state index < -0.39 is 0 Å². The topological polar surface area (TPSA) is 29.1 Å². The molecular weight excluding hydrogens is 198 g/mol. The van der Waals surface area contributed by atoms with Crippen molar-refractivity contribution in [3.8, 4) is 0 Å². The standard InChI is InChI=1S/C14H19NO/c1-3-7-12(2)10-11-15-14(16)13-8-5-4-6-9-13/h4-6,8-10H,3,7,11H2,1-2H3,(H,15,16)/b12-10+. The molecule has 0 bridgehead atoms. The van der Waals surface area contributed by atoms with Crippen LogP contribution in [0.2, 0.25) is 0 Å². The van der Waals surface area contributed by atoms with E-state index in [1.165, 1.54) is 5.57 Å². The molecule has 0 spiro atoms. The van der Waals surface area contributed by atoms with Crippen LogP contribution in [0.4, 0.5) is 0 Å². The van der Waals surface area contributed by atoms with Crippen LogP contribution in [0.15, 0.2) is 42.0 Å². The summed E-state index contributed by atoms with van der Waals surface area (Å²) in [5.41, 5.74) is 2.04. The van der Waals surface area contributed by atoms with Crippen LogP contribution in [0.25, 0.3) is 0 Å². The van der Waals surface area contributed by atoms with Gasteiger partial charge in [-0.15, -0.1) is 0 Å². The van der Waals surface area contributed by atoms with Gasteiger partial charge in [-0.3, -0.25) is 4.79 Å². The zero-order valence-corrected chi connectivity index (χ0v) is 9.99. The lowest BCUT2D eigenvalue weighted by molar-refractivity contribution is 0.0958. The highest BCUT2D eigenvalue weighted by atomic mass is 16.1. The molecule has 0 saturated carbocycles. The van der Waals surface area contributed by atoms with E-state index in [2.05, 4.69) is 25.2 Å². The fourth-order valence-electron chi connectivity index (χ4n) is 1.51. The molecule has 1 amide bonds. The van der Waals surface area contributed by atoms with E-state index >= 15 is 0 Å². The fraction of sp³-hybridized carbons (Fsp3) is 0.357. The number of rotatable bonds is 5. The molecule has 0 aliphatic carbocycles. The number of hydrogen-bond acceptors (Lipinski definition) is 1. The van der Waals surface area contributed by atoms with Crippen LogP contribution in [0.3, 0.4) is 0 Å². The molecule has 1 aromatic carbocycles. The smallest absolute Gasteiger partial charge is 0.251 e. The van der Waals surface area contributed by atoms with Gasteiger partial charge in [0.1, 0.15) is 0 Å². The van der Waals surface area contributed by atoms with E-state index in [0.717, 1.165) is 12.8 Å². The molecule has 0 atom stereocenters. The Morgan fingerprint density at radius 2 is 2.00 bits per heavy atom. The van der Waals surface area contributed by atoms with Gasteiger partial charge in [-0.1, -0.05) is 43.2 Å². The van der Waals surface area contributed by atoms with Gasteiger partial charge in [-0.05, 0) is 25.5 Å². The number of amides is 1. The highest BCUT2D eigenvalue weighted by Gasteiger charge is 2.01. The summed E-state index contributed by atoms with van der Waals surface area (Å²) in [6.45, 7) is 4.86. The van der Waals surface area contributed by atoms with E-state index in [1.54, 1.807) is 0 Å². The van der Waals surface area contributed by atoms with Crippen LogP contribution in [-0.2, 0) is 0 Å². The van der Waals surface area contributed by atoms with Crippen LogP contribution in [-0.4, -0.2) is 12.5 Å². The summed E-state index contributed by atoms with van der Waals surface area (Å²) >= 11 is 0. The first-order valence-corrected chi connectivity index (χ1v) is 5.73. The molecule has 1 aromatic rings. The third kappa shape index (κ3) is 4.30. The zero-order chi connectivity index (χ0) is 11.8. The third-order valence-electron chi connectivity index (χ3n) is 2.39. The summed E-state index contributed by atoms with van der Waals surface area (Å²) < 4.78 is 0. The normalized spacial score (nSPS) is 11.2. The summed E-state index contributed by atoms with van der Waals surface area (Å²) in [6.07, 6.45) is 4.32. The SMILES string of the molecule is CCC/C(C)=C/CNC(=O)c1ccccc1. The highest BCUT2D eigenvalue weighted by molar-refractivity contribution is 5.94. The summed E-state index contributed by atoms with van der Waals surface area (Å²) in [7, 11) is 0. The lowest BCUT2D eigenvalue weighted by Gasteiger charge is -2.03. The lowest BCUT2D eigenvalue weighted by atomic mass is 10.1. The Morgan fingerprint density at radius 1 is 1.31 bits per heavy atom. The average molecular weight is 217 g/mol. The van der Waals surface area contributed by atoms with Gasteiger partial charge < -0.3 is 5.32 Å². The van der Waals surface area contributed by atoms with Crippen molar-refractivity contribution in [2.75, 3.05) is 6.54 Å². The van der Waals surface area contributed by atoms with E-state index in [-0.39, 0.29) is 5.91 Å². The van der Waals surface area contributed by atoms with E-state index in [9.17, 15) is 4.79 Å². The Morgan fingerprint density at radius 3 is 2.62 bits per heavy atom. The first-order valence-electron chi connectivity index (χ1n) is 5.73. The Labute approximate surface area is 97.4 Å². The predicted octanol–water partition coefficient (Wildman–Crippen LogP) is 3.16. The van der Waals surface area contributed by atoms with Gasteiger partial charge in [0, 0.05) is 12.1 Å². The molecule has 0 saturated heterocycles. The van der Waals surface area contributed by atoms with Crippen molar-refractivity contribution >= 4 is 5.91 Å². The summed E-state index contributed by atoms with van der Waals surface area (Å²) in [5, 5.41) is 2.87. The molecule has 0 radical (unpaired) electrons. The number of hydrogen-bond donors (Lipinski definition) is 1. The van der Waals surface area contributed by atoms with Crippen LogP contribution in [0, 0.1) is 0 Å². The average Bonchev–Trinajstić information content (AvgIpc) is 2.30. The molecule has 0 aliphatic heterocycles. The second kappa shape index (κ2) is 6.83. The number of carbonyl (C=O) groups excluding carboxylic acids is 1. The van der Waals surface area contributed by atoms with Crippen LogP contribution < -0.4 is 5.32 Å². The predicted molar refractivity (Wildman–Crippen MR) is 67.4 cm³/mol. The Bertz CT molecular complexity index is 354. The maximum Gasteiger partial charge on any atom is 0.251 e. The lowest BCUT2D eigenvalue weighted by Crippen LogP contribution is -2.23. The van der Waals surface area contributed by atoms with Crippen molar-refractivity contribution in [3.05, 3.63) is 47.5 Å². The van der Waals surface area contributed by atoms with Crippen LogP contribution in [0.5, 0.6) is 0 Å². The molecule has 86 valence electrons. The van der Waals surface area contributed by atoms with Crippen molar-refractivity contribution in [2.24, 2.45) is 0 Å². The van der Waals surface area contributed by atoms with Crippen LogP contribution >= 0.6 is 0 Å². The minimum absolute atomic E-state index is 0.0128. The second-order valence-electron chi connectivity index (χ2n) is 3.88. The summed E-state index contributed by atoms with van der Waals surface area (Å²) in [6, 6.07) is 9.28. The molecule has 0 unspecified atom stereocenters. The monoisotopic (exact) mass is 217 g/mol. The highest BCUT2D eigenvalue weighted by Crippen LogP contribution is 2.02. The van der Waals surface area contributed by atoms with E-state index in [4.69, 9.17) is 0 Å². The molecule has 1 rings (SSSR count). The van der Waals surface area contributed by atoms with Crippen molar-refractivity contribution in [3.63, 3.8) is 0 Å². The van der Waals surface area contributed by atoms with E-state index in [1.807, 2.05) is 30.3 Å². The van der Waals surface area contributed by atoms with Gasteiger partial charge in [-0.2, -0.15) is 0 Å². The summed E-state index contributed by atoms with van der Waals surface area (Å²) in [5.74, 6) is -0.0128. The second-order valence-corrected chi connectivity index (χ2v) is 3.88. The molecule has 0 heterocycles. The van der Waals surface area contributed by atoms with Gasteiger partial charge in [0.15, 0.2) is 0 Å². The number of benzene rings is 1. The molecule has 16 heavy (non-hydrogen) atoms. The van der Waals surface area contributed by atoms with Gasteiger partial charge in [0.05, 0.1) is 0 Å². The number of carbonyl (C=O) groups is 1. The maximum absolute atomic E-state index is 11.6. The van der Waals surface area contributed by atoms with Crippen molar-refractivity contribution in [2.45, 2.75) is 26.7 Å². The van der Waals surface area contributed by atoms with E-state index in [0.29, 0.717) is 12.1 Å². The minimum atomic E-state index is -0.0128. The van der Waals surface area contributed by atoms with Gasteiger partial charge in [-0.25, -0.2) is 0 Å². The third-order valence-corrected chi connectivity index (χ3v) is 2.39. The largest absolute Gasteiger partial charge is 0.349 e. The molecule has 2 nitrogen and oxygen atoms in total. The van der Waals surface area contributed by atoms with Crippen LogP contribution in [0.1, 0.15) is 37.0 Å². The Kier molecular flexibility index (Phi) is 5.34. The minimum Gasteiger partial charge on any atom is -0.349 e. The zero-order valence-electron chi connectivity index (χ0n) is 9.99. The Balaban J connectivity index is 2.39. The molecule has 2 heteroatoms. The fourth-order valence-corrected chi connectivity index (χ4v) is 1.51. The van der Waals surface area contributed by atoms with Gasteiger partial charge >= 0.3 is 0 Å². The molecule has 0 aliphatic rings. The number of nitrogens with one attached hydrogen (secondary N) is 1. The first kappa shape index (κ1) is 12.5. The molecule has 1 N–H and O–H groups in total. The summed E-state index contributed by atoms with van der Waals surface area (Å²) in [4.78, 5) is 11.6. The van der Waals surface area contributed by atoms with Gasteiger partial charge in [0.25, 0.3) is 5.91 Å². The van der Waals surface area contributed by atoms with Gasteiger partial charge in [0.2, 0.25) is 0 Å². The maximum atomic E-state index is 11.6. The van der Waals surface area contributed by atoms with Crippen molar-refractivity contribution in [1.82, 2.24) is 5.32 Å². The quantitative estimate of drug-likeness (QED) is 0.754. The molecular formula is C14H19NO. The molecule has 0 fully saturated rings. The number of allylic oxidation sites excluding steroid dienone is 1. The molecule has 0 aromatic heterocycles. The van der Waals surface area contributed by atoms with Crippen molar-refractivity contribution < 1.29 is 4.79 Å². The first-order chi connectivity index (χ1) is 7.74.